The van der Waals surface area contributed by atoms with Crippen LogP contribution in [-0.2, 0) is 10.0 Å². The zero-order valence-electron chi connectivity index (χ0n) is 18.9. The molecule has 1 unspecified atom stereocenters. The van der Waals surface area contributed by atoms with E-state index in [1.54, 1.807) is 12.5 Å². The number of sulfonamides is 1. The van der Waals surface area contributed by atoms with Crippen molar-refractivity contribution in [2.45, 2.75) is 56.9 Å². The van der Waals surface area contributed by atoms with E-state index in [2.05, 4.69) is 12.2 Å². The predicted molar refractivity (Wildman–Crippen MR) is 126 cm³/mol. The van der Waals surface area contributed by atoms with Crippen molar-refractivity contribution in [2.24, 2.45) is 0 Å². The number of amides is 1. The Balaban J connectivity index is 1.71. The number of carbonyl (C=O) groups excluding carboxylic acids is 1. The van der Waals surface area contributed by atoms with E-state index >= 15 is 0 Å². The minimum atomic E-state index is -3.65. The van der Waals surface area contributed by atoms with Gasteiger partial charge in [-0.25, -0.2) is 8.42 Å². The van der Waals surface area contributed by atoms with Crippen LogP contribution < -0.4 is 14.8 Å². The highest BCUT2D eigenvalue weighted by Gasteiger charge is 2.32. The van der Waals surface area contributed by atoms with Crippen molar-refractivity contribution in [1.82, 2.24) is 9.62 Å². The topological polar surface area (TPSA) is 84.9 Å². The molecule has 1 amide bonds. The van der Waals surface area contributed by atoms with Gasteiger partial charge in [0.2, 0.25) is 10.0 Å². The van der Waals surface area contributed by atoms with Gasteiger partial charge in [0.1, 0.15) is 9.77 Å². The predicted octanol–water partition coefficient (Wildman–Crippen LogP) is 4.60. The molecule has 0 saturated carbocycles. The number of nitrogens with one attached hydrogen (secondary N) is 1. The molecule has 7 nitrogen and oxygen atoms in total. The second kappa shape index (κ2) is 11.2. The number of benzene rings is 1. The second-order valence-corrected chi connectivity index (χ2v) is 10.7. The lowest BCUT2D eigenvalue weighted by molar-refractivity contribution is 0.0940. The zero-order valence-corrected chi connectivity index (χ0v) is 20.6. The summed E-state index contributed by atoms with van der Waals surface area (Å²) in [5.74, 6) is 0.876. The molecule has 176 valence electrons. The fourth-order valence-corrected chi connectivity index (χ4v) is 6.51. The van der Waals surface area contributed by atoms with Crippen LogP contribution in [0.25, 0.3) is 0 Å². The smallest absolute Gasteiger partial charge is 0.263 e. The molecule has 1 saturated heterocycles. The van der Waals surface area contributed by atoms with E-state index in [1.807, 2.05) is 25.1 Å². The van der Waals surface area contributed by atoms with Gasteiger partial charge in [0.05, 0.1) is 19.8 Å². The van der Waals surface area contributed by atoms with Gasteiger partial charge in [0.25, 0.3) is 5.91 Å². The minimum Gasteiger partial charge on any atom is -0.493 e. The van der Waals surface area contributed by atoms with E-state index in [9.17, 15) is 13.2 Å². The fourth-order valence-electron chi connectivity index (χ4n) is 3.69. The minimum absolute atomic E-state index is 0.0857. The molecule has 1 atom stereocenters. The van der Waals surface area contributed by atoms with E-state index < -0.39 is 15.9 Å². The monoisotopic (exact) mass is 480 g/mol. The third kappa shape index (κ3) is 5.63. The molecule has 1 aromatic carbocycles. The number of thiophene rings is 1. The Morgan fingerprint density at radius 2 is 1.94 bits per heavy atom. The van der Waals surface area contributed by atoms with Gasteiger partial charge in [-0.2, -0.15) is 4.31 Å². The van der Waals surface area contributed by atoms with Crippen LogP contribution in [0.1, 0.15) is 67.2 Å². The summed E-state index contributed by atoms with van der Waals surface area (Å²) in [5.41, 5.74) is 0.844. The highest BCUT2D eigenvalue weighted by Crippen LogP contribution is 2.32. The summed E-state index contributed by atoms with van der Waals surface area (Å²) in [7, 11) is -2.07. The van der Waals surface area contributed by atoms with Crippen molar-refractivity contribution < 1.29 is 22.7 Å². The van der Waals surface area contributed by atoms with Gasteiger partial charge in [-0.1, -0.05) is 25.8 Å². The molecule has 0 aliphatic carbocycles. The summed E-state index contributed by atoms with van der Waals surface area (Å²) in [5, 5.41) is 4.57. The van der Waals surface area contributed by atoms with Gasteiger partial charge in [-0.3, -0.25) is 4.79 Å². The maximum atomic E-state index is 13.0. The van der Waals surface area contributed by atoms with E-state index in [-0.39, 0.29) is 15.8 Å². The SMILES string of the molecule is CCCCCOc1ccc(C(C)NC(=O)c2sccc2S(=O)(=O)N2CCCC2)cc1OC. The van der Waals surface area contributed by atoms with E-state index in [0.717, 1.165) is 49.0 Å². The van der Waals surface area contributed by atoms with Crippen LogP contribution in [0.4, 0.5) is 0 Å². The van der Waals surface area contributed by atoms with Gasteiger partial charge in [-0.15, -0.1) is 11.3 Å². The van der Waals surface area contributed by atoms with Crippen molar-refractivity contribution in [3.8, 4) is 11.5 Å². The third-order valence-corrected chi connectivity index (χ3v) is 8.54. The summed E-state index contributed by atoms with van der Waals surface area (Å²) in [6.07, 6.45) is 4.92. The molecule has 2 aromatic rings. The molecule has 1 fully saturated rings. The first-order valence-electron chi connectivity index (χ1n) is 11.1. The van der Waals surface area contributed by atoms with Gasteiger partial charge in [-0.05, 0) is 55.3 Å². The number of hydrogen-bond donors (Lipinski definition) is 1. The summed E-state index contributed by atoms with van der Waals surface area (Å²) in [4.78, 5) is 13.3. The Kier molecular flexibility index (Phi) is 8.56. The third-order valence-electron chi connectivity index (χ3n) is 5.56. The standard InChI is InChI=1S/C23H32N2O5S2/c1-4-5-8-14-30-19-10-9-18(16-20(19)29-3)17(2)24-23(26)22-21(11-15-31-22)32(27,28)25-12-6-7-13-25/h9-11,15-17H,4-8,12-14H2,1-3H3,(H,24,26). The number of carbonyl (C=O) groups is 1. The van der Waals surface area contributed by atoms with E-state index in [1.165, 1.54) is 10.4 Å². The van der Waals surface area contributed by atoms with Crippen molar-refractivity contribution >= 4 is 27.3 Å². The second-order valence-electron chi connectivity index (χ2n) is 7.89. The maximum Gasteiger partial charge on any atom is 0.263 e. The summed E-state index contributed by atoms with van der Waals surface area (Å²) < 4.78 is 38.6. The molecule has 3 rings (SSSR count). The quantitative estimate of drug-likeness (QED) is 0.475. The number of nitrogens with zero attached hydrogens (tertiary/aromatic N) is 1. The van der Waals surface area contributed by atoms with Crippen molar-refractivity contribution in [3.05, 3.63) is 40.1 Å². The molecule has 1 N–H and O–H groups in total. The molecule has 0 radical (unpaired) electrons. The Morgan fingerprint density at radius 1 is 1.19 bits per heavy atom. The Morgan fingerprint density at radius 3 is 2.62 bits per heavy atom. The fraction of sp³-hybridized carbons (Fsp3) is 0.522. The molecule has 1 aliphatic heterocycles. The molecule has 32 heavy (non-hydrogen) atoms. The summed E-state index contributed by atoms with van der Waals surface area (Å²) >= 11 is 1.14. The number of hydrogen-bond acceptors (Lipinski definition) is 6. The summed E-state index contributed by atoms with van der Waals surface area (Å²) in [6, 6.07) is 6.76. The molecule has 1 aromatic heterocycles. The number of ether oxygens (including phenoxy) is 2. The van der Waals surface area contributed by atoms with Gasteiger partial charge >= 0.3 is 0 Å². The van der Waals surface area contributed by atoms with Gasteiger partial charge < -0.3 is 14.8 Å². The van der Waals surface area contributed by atoms with Gasteiger partial charge in [0, 0.05) is 13.1 Å². The summed E-state index contributed by atoms with van der Waals surface area (Å²) in [6.45, 7) is 5.63. The van der Waals surface area contributed by atoms with Crippen molar-refractivity contribution in [1.29, 1.82) is 0 Å². The zero-order chi connectivity index (χ0) is 23.1. The molecular formula is C23H32N2O5S2. The van der Waals surface area contributed by atoms with Crippen LogP contribution in [0.15, 0.2) is 34.5 Å². The van der Waals surface area contributed by atoms with Crippen LogP contribution in [0, 0.1) is 0 Å². The molecule has 0 spiro atoms. The number of unbranched alkanes of at least 4 members (excludes halogenated alkanes) is 2. The largest absolute Gasteiger partial charge is 0.493 e. The molecule has 0 bridgehead atoms. The van der Waals surface area contributed by atoms with Crippen LogP contribution >= 0.6 is 11.3 Å². The van der Waals surface area contributed by atoms with Crippen LogP contribution in [0.2, 0.25) is 0 Å². The Labute approximate surface area is 194 Å². The van der Waals surface area contributed by atoms with Crippen LogP contribution in [0.5, 0.6) is 11.5 Å². The first-order valence-corrected chi connectivity index (χ1v) is 13.4. The van der Waals surface area contributed by atoms with Crippen molar-refractivity contribution in [2.75, 3.05) is 26.8 Å². The molecule has 2 heterocycles. The number of rotatable bonds is 11. The Bertz CT molecular complexity index is 1010. The highest BCUT2D eigenvalue weighted by molar-refractivity contribution is 7.89. The lowest BCUT2D eigenvalue weighted by Crippen LogP contribution is -2.31. The average Bonchev–Trinajstić information content (AvgIpc) is 3.49. The maximum absolute atomic E-state index is 13.0. The van der Waals surface area contributed by atoms with Crippen LogP contribution in [0.3, 0.4) is 0 Å². The first-order chi connectivity index (χ1) is 15.4. The lowest BCUT2D eigenvalue weighted by Gasteiger charge is -2.18. The van der Waals surface area contributed by atoms with E-state index in [0.29, 0.717) is 31.2 Å². The van der Waals surface area contributed by atoms with Crippen molar-refractivity contribution in [3.63, 3.8) is 0 Å². The highest BCUT2D eigenvalue weighted by atomic mass is 32.2. The number of methoxy groups -OCH3 is 1. The van der Waals surface area contributed by atoms with Crippen LogP contribution in [-0.4, -0.2) is 45.4 Å². The molecule has 9 heteroatoms. The lowest BCUT2D eigenvalue weighted by atomic mass is 10.1. The van der Waals surface area contributed by atoms with Gasteiger partial charge in [0.15, 0.2) is 11.5 Å². The normalized spacial score (nSPS) is 15.5. The molecule has 1 aliphatic rings. The molecular weight excluding hydrogens is 448 g/mol. The average molecular weight is 481 g/mol. The Hall–Kier alpha value is -2.10. The first kappa shape index (κ1) is 24.5. The van der Waals surface area contributed by atoms with E-state index in [4.69, 9.17) is 9.47 Å².